The average Bonchev–Trinajstić information content (AvgIpc) is 2.08. The van der Waals surface area contributed by atoms with Crippen molar-refractivity contribution in [2.75, 3.05) is 20.6 Å². The first-order chi connectivity index (χ1) is 4.54. The summed E-state index contributed by atoms with van der Waals surface area (Å²) in [6.07, 6.45) is 2.09. The van der Waals surface area contributed by atoms with Gasteiger partial charge in [0.2, 0.25) is 0 Å². The van der Waals surface area contributed by atoms with E-state index in [1.54, 1.807) is 0 Å². The Morgan fingerprint density at radius 1 is 1.55 bits per heavy atom. The number of likely N-dealkylation sites (N-methyl/N-ethyl adjacent to an activating group) is 1. The molecular weight excluding hydrogens is 208 g/mol. The molecule has 66 valence electrons. The Labute approximate surface area is 77.9 Å². The average molecular weight is 223 g/mol. The van der Waals surface area contributed by atoms with E-state index in [2.05, 4.69) is 14.1 Å². The Morgan fingerprint density at radius 3 is 2.27 bits per heavy atom. The van der Waals surface area contributed by atoms with Crippen LogP contribution in [0.25, 0.3) is 0 Å². The van der Waals surface area contributed by atoms with Gasteiger partial charge in [0.05, 0.1) is 20.6 Å². The number of primary amides is 1. The Morgan fingerprint density at radius 2 is 2.09 bits per heavy atom. The zero-order valence-corrected chi connectivity index (χ0v) is 8.60. The highest BCUT2D eigenvalue weighted by Gasteiger charge is 2.37. The molecule has 4 heteroatoms. The van der Waals surface area contributed by atoms with Gasteiger partial charge in [0.15, 0.2) is 6.04 Å². The number of hydrogen-bond donors (Lipinski definition) is 1. The SMILES string of the molecule is C[N+]1(C)CCCC1C(N)=O.[Br-]. The second kappa shape index (κ2) is 3.54. The molecule has 1 saturated heterocycles. The second-order valence-corrected chi connectivity index (χ2v) is 3.56. The second-order valence-electron chi connectivity index (χ2n) is 3.56. The highest BCUT2D eigenvalue weighted by atomic mass is 79.9. The van der Waals surface area contributed by atoms with Gasteiger partial charge in [-0.2, -0.15) is 0 Å². The minimum atomic E-state index is -0.150. The summed E-state index contributed by atoms with van der Waals surface area (Å²) in [5.41, 5.74) is 5.22. The normalized spacial score (nSPS) is 27.6. The summed E-state index contributed by atoms with van der Waals surface area (Å²) in [5, 5.41) is 0. The van der Waals surface area contributed by atoms with Gasteiger partial charge in [0.1, 0.15) is 0 Å². The molecule has 11 heavy (non-hydrogen) atoms. The molecule has 1 rings (SSSR count). The van der Waals surface area contributed by atoms with Gasteiger partial charge in [-0.1, -0.05) is 0 Å². The molecule has 0 aromatic rings. The van der Waals surface area contributed by atoms with E-state index < -0.39 is 0 Å². The smallest absolute Gasteiger partial charge is 0.275 e. The van der Waals surface area contributed by atoms with Crippen molar-refractivity contribution in [3.05, 3.63) is 0 Å². The molecule has 0 radical (unpaired) electrons. The van der Waals surface area contributed by atoms with Gasteiger partial charge >= 0.3 is 0 Å². The van der Waals surface area contributed by atoms with E-state index in [9.17, 15) is 4.79 Å². The summed E-state index contributed by atoms with van der Waals surface area (Å²) in [6, 6.07) is 0.0556. The minimum absolute atomic E-state index is 0. The van der Waals surface area contributed by atoms with Crippen molar-refractivity contribution in [2.45, 2.75) is 18.9 Å². The van der Waals surface area contributed by atoms with Crippen molar-refractivity contribution in [2.24, 2.45) is 5.73 Å². The molecule has 1 amide bonds. The van der Waals surface area contributed by atoms with Crippen LogP contribution in [0, 0.1) is 0 Å². The number of rotatable bonds is 1. The predicted octanol–water partition coefficient (Wildman–Crippen LogP) is -3.29. The quantitative estimate of drug-likeness (QED) is 0.465. The fourth-order valence-corrected chi connectivity index (χ4v) is 1.68. The molecular formula is C7H15BrN2O. The van der Waals surface area contributed by atoms with Crippen LogP contribution in [-0.4, -0.2) is 37.1 Å². The fourth-order valence-electron chi connectivity index (χ4n) is 1.68. The van der Waals surface area contributed by atoms with Crippen LogP contribution in [0.5, 0.6) is 0 Å². The lowest BCUT2D eigenvalue weighted by molar-refractivity contribution is -0.893. The van der Waals surface area contributed by atoms with E-state index in [4.69, 9.17) is 5.73 Å². The van der Waals surface area contributed by atoms with E-state index >= 15 is 0 Å². The molecule has 2 N–H and O–H groups in total. The van der Waals surface area contributed by atoms with Crippen molar-refractivity contribution >= 4 is 5.91 Å². The van der Waals surface area contributed by atoms with E-state index in [1.165, 1.54) is 0 Å². The number of nitrogens with zero attached hydrogens (tertiary/aromatic N) is 1. The lowest BCUT2D eigenvalue weighted by atomic mass is 10.2. The lowest BCUT2D eigenvalue weighted by Crippen LogP contribution is -3.00. The molecule has 0 aromatic heterocycles. The summed E-state index contributed by atoms with van der Waals surface area (Å²) >= 11 is 0. The van der Waals surface area contributed by atoms with Crippen LogP contribution in [0.2, 0.25) is 0 Å². The molecule has 0 saturated carbocycles. The molecule has 1 atom stereocenters. The van der Waals surface area contributed by atoms with Gasteiger partial charge < -0.3 is 27.2 Å². The molecule has 1 heterocycles. The molecule has 0 spiro atoms. The maximum Gasteiger partial charge on any atom is 0.275 e. The van der Waals surface area contributed by atoms with Gasteiger partial charge in [-0.3, -0.25) is 4.79 Å². The topological polar surface area (TPSA) is 43.1 Å². The third kappa shape index (κ3) is 2.17. The number of carbonyl (C=O) groups is 1. The number of amides is 1. The van der Waals surface area contributed by atoms with Gasteiger partial charge in [0.25, 0.3) is 5.91 Å². The van der Waals surface area contributed by atoms with Crippen molar-refractivity contribution in [3.8, 4) is 0 Å². The Balaban J connectivity index is 0.000001000. The summed E-state index contributed by atoms with van der Waals surface area (Å²) in [4.78, 5) is 10.8. The zero-order valence-electron chi connectivity index (χ0n) is 7.01. The van der Waals surface area contributed by atoms with E-state index in [-0.39, 0.29) is 28.9 Å². The van der Waals surface area contributed by atoms with Crippen molar-refractivity contribution in [3.63, 3.8) is 0 Å². The molecule has 1 aliphatic rings. The molecule has 0 bridgehead atoms. The molecule has 1 aliphatic heterocycles. The van der Waals surface area contributed by atoms with Crippen LogP contribution in [0.4, 0.5) is 0 Å². The number of likely N-dealkylation sites (tertiary alicyclic amines) is 1. The van der Waals surface area contributed by atoms with E-state index in [0.29, 0.717) is 0 Å². The van der Waals surface area contributed by atoms with Crippen LogP contribution in [0.15, 0.2) is 0 Å². The molecule has 0 aliphatic carbocycles. The van der Waals surface area contributed by atoms with Crippen LogP contribution in [-0.2, 0) is 4.79 Å². The Kier molecular flexibility index (Phi) is 3.51. The van der Waals surface area contributed by atoms with Crippen LogP contribution < -0.4 is 22.7 Å². The van der Waals surface area contributed by atoms with Crippen molar-refractivity contribution in [1.29, 1.82) is 0 Å². The summed E-state index contributed by atoms with van der Waals surface area (Å²) in [5.74, 6) is -0.150. The number of halogens is 1. The van der Waals surface area contributed by atoms with Crippen LogP contribution in [0.1, 0.15) is 12.8 Å². The first kappa shape index (κ1) is 10.9. The van der Waals surface area contributed by atoms with E-state index in [0.717, 1.165) is 23.9 Å². The highest BCUT2D eigenvalue weighted by Crippen LogP contribution is 2.21. The van der Waals surface area contributed by atoms with Gasteiger partial charge in [-0.05, 0) is 0 Å². The largest absolute Gasteiger partial charge is 1.00 e. The lowest BCUT2D eigenvalue weighted by Gasteiger charge is -2.29. The first-order valence-corrected chi connectivity index (χ1v) is 3.66. The monoisotopic (exact) mass is 222 g/mol. The minimum Gasteiger partial charge on any atom is -1.00 e. The third-order valence-electron chi connectivity index (χ3n) is 2.38. The maximum absolute atomic E-state index is 10.8. The van der Waals surface area contributed by atoms with Crippen molar-refractivity contribution < 1.29 is 26.3 Å². The van der Waals surface area contributed by atoms with Crippen LogP contribution in [0.3, 0.4) is 0 Å². The van der Waals surface area contributed by atoms with Crippen molar-refractivity contribution in [1.82, 2.24) is 0 Å². The maximum atomic E-state index is 10.8. The predicted molar refractivity (Wildman–Crippen MR) is 39.2 cm³/mol. The molecule has 1 fully saturated rings. The van der Waals surface area contributed by atoms with Gasteiger partial charge in [-0.25, -0.2) is 0 Å². The summed E-state index contributed by atoms with van der Waals surface area (Å²) < 4.78 is 0.773. The molecule has 3 nitrogen and oxygen atoms in total. The Hall–Kier alpha value is -0.0900. The number of quaternary nitrogens is 1. The zero-order chi connectivity index (χ0) is 7.78. The standard InChI is InChI=1S/C7H14N2O.BrH/c1-9(2)5-3-4-6(9)7(8)10;/h6H,3-5H2,1-2H3,(H-,8,10);1H. The summed E-state index contributed by atoms with van der Waals surface area (Å²) in [7, 11) is 4.12. The van der Waals surface area contributed by atoms with Gasteiger partial charge in [0, 0.05) is 12.8 Å². The third-order valence-corrected chi connectivity index (χ3v) is 2.38. The number of nitrogens with two attached hydrogens (primary N) is 1. The summed E-state index contributed by atoms with van der Waals surface area (Å²) in [6.45, 7) is 1.08. The van der Waals surface area contributed by atoms with E-state index in [1.807, 2.05) is 0 Å². The number of carbonyl (C=O) groups excluding carboxylic acids is 1. The fraction of sp³-hybridized carbons (Fsp3) is 0.857. The molecule has 1 unspecified atom stereocenters. The molecule has 0 aromatic carbocycles. The van der Waals surface area contributed by atoms with Gasteiger partial charge in [-0.15, -0.1) is 0 Å². The Bertz CT molecular complexity index is 159. The van der Waals surface area contributed by atoms with Crippen LogP contribution >= 0.6 is 0 Å². The first-order valence-electron chi connectivity index (χ1n) is 3.66. The highest BCUT2D eigenvalue weighted by molar-refractivity contribution is 5.78. The number of hydrogen-bond acceptors (Lipinski definition) is 1.